The number of hydrogen-bond donors (Lipinski definition) is 2. The van der Waals surface area contributed by atoms with Crippen LogP contribution in [0.3, 0.4) is 0 Å². The van der Waals surface area contributed by atoms with Crippen LogP contribution in [0.4, 0.5) is 10.5 Å². The molecular formula is C19H17Cl2N9O4. The van der Waals surface area contributed by atoms with Crippen molar-refractivity contribution in [1.29, 1.82) is 5.26 Å². The first kappa shape index (κ1) is 24.6. The van der Waals surface area contributed by atoms with E-state index in [9.17, 15) is 9.59 Å². The number of hydrogen-bond acceptors (Lipinski definition) is 11. The number of benzene rings is 1. The molecule has 34 heavy (non-hydrogen) atoms. The lowest BCUT2D eigenvalue weighted by atomic mass is 10.1. The summed E-state index contributed by atoms with van der Waals surface area (Å²) in [6, 6.07) is 6.06. The van der Waals surface area contributed by atoms with Crippen molar-refractivity contribution in [3.8, 4) is 17.7 Å². The van der Waals surface area contributed by atoms with E-state index in [1.54, 1.807) is 19.1 Å². The fraction of sp³-hybridized carbons (Fsp3) is 0.263. The second-order valence-corrected chi connectivity index (χ2v) is 7.63. The first-order valence-electron chi connectivity index (χ1n) is 9.71. The van der Waals surface area contributed by atoms with E-state index < -0.39 is 17.7 Å². The molecule has 15 heteroatoms. The van der Waals surface area contributed by atoms with Crippen LogP contribution in [0.1, 0.15) is 32.3 Å². The number of tetrazole rings is 1. The van der Waals surface area contributed by atoms with Crippen LogP contribution in [-0.2, 0) is 9.53 Å². The number of nitrogens with one attached hydrogen (secondary N) is 2. The first-order valence-corrected chi connectivity index (χ1v) is 10.5. The number of nitrogens with zero attached hydrogens (tertiary/aromatic N) is 7. The maximum Gasteiger partial charge on any atom is 0.414 e. The highest BCUT2D eigenvalue weighted by Crippen LogP contribution is 2.39. The van der Waals surface area contributed by atoms with Gasteiger partial charge in [0.05, 0.1) is 22.3 Å². The molecule has 3 aromatic rings. The van der Waals surface area contributed by atoms with Gasteiger partial charge in [-0.1, -0.05) is 37.0 Å². The summed E-state index contributed by atoms with van der Waals surface area (Å²) in [6.07, 6.45) is -1.00. The molecule has 176 valence electrons. The van der Waals surface area contributed by atoms with E-state index in [1.807, 2.05) is 19.2 Å². The third kappa shape index (κ3) is 5.66. The summed E-state index contributed by atoms with van der Waals surface area (Å²) in [5.41, 5.74) is 3.40. The molecule has 3 rings (SSSR count). The molecule has 0 unspecified atom stereocenters. The molecule has 0 aliphatic carbocycles. The van der Waals surface area contributed by atoms with Gasteiger partial charge in [0.1, 0.15) is 6.07 Å². The van der Waals surface area contributed by atoms with Gasteiger partial charge in [-0.15, -0.1) is 14.8 Å². The molecule has 2 amide bonds. The van der Waals surface area contributed by atoms with Crippen molar-refractivity contribution < 1.29 is 19.1 Å². The van der Waals surface area contributed by atoms with Crippen LogP contribution in [0.15, 0.2) is 23.3 Å². The van der Waals surface area contributed by atoms with Crippen molar-refractivity contribution in [2.24, 2.45) is 5.10 Å². The number of anilines is 1. The Labute approximate surface area is 202 Å². The van der Waals surface area contributed by atoms with Crippen LogP contribution >= 0.6 is 23.2 Å². The summed E-state index contributed by atoms with van der Waals surface area (Å²) in [5.74, 6) is -0.693. The molecule has 0 fully saturated rings. The lowest BCUT2D eigenvalue weighted by Crippen LogP contribution is -2.36. The maximum atomic E-state index is 11.9. The van der Waals surface area contributed by atoms with Crippen LogP contribution in [0.5, 0.6) is 11.6 Å². The Morgan fingerprint density at radius 1 is 1.26 bits per heavy atom. The summed E-state index contributed by atoms with van der Waals surface area (Å²) in [4.78, 5) is 23.3. The van der Waals surface area contributed by atoms with Crippen molar-refractivity contribution in [3.63, 3.8) is 0 Å². The molecule has 2 heterocycles. The fourth-order valence-electron chi connectivity index (χ4n) is 2.61. The Kier molecular flexibility index (Phi) is 7.77. The number of ether oxygens (including phenoxy) is 2. The average molecular weight is 506 g/mol. The average Bonchev–Trinajstić information content (AvgIpc) is 3.24. The van der Waals surface area contributed by atoms with E-state index in [1.165, 1.54) is 16.8 Å². The van der Waals surface area contributed by atoms with Crippen molar-refractivity contribution in [2.45, 2.75) is 26.7 Å². The van der Waals surface area contributed by atoms with Crippen molar-refractivity contribution >= 4 is 52.2 Å². The van der Waals surface area contributed by atoms with Gasteiger partial charge in [0, 0.05) is 11.6 Å². The number of imide groups is 1. The maximum absolute atomic E-state index is 11.9. The molecule has 2 aromatic heterocycles. The highest BCUT2D eigenvalue weighted by Gasteiger charge is 2.18. The number of rotatable bonds is 7. The summed E-state index contributed by atoms with van der Waals surface area (Å²) in [7, 11) is 0. The van der Waals surface area contributed by atoms with E-state index in [2.05, 4.69) is 35.9 Å². The van der Waals surface area contributed by atoms with Gasteiger partial charge in [-0.2, -0.15) is 10.4 Å². The molecule has 0 bridgehead atoms. The van der Waals surface area contributed by atoms with Crippen molar-refractivity contribution in [2.75, 3.05) is 12.0 Å². The number of nitriles is 1. The van der Waals surface area contributed by atoms with E-state index in [-0.39, 0.29) is 39.9 Å². The van der Waals surface area contributed by atoms with Crippen LogP contribution in [-0.4, -0.2) is 49.6 Å². The number of aromatic nitrogens is 5. The minimum absolute atomic E-state index is 0.0553. The standard InChI is InChI=1S/C19H17Cl2N9O4/c1-4-33-19(32)23-18(31)14(8-22)25-24-10-5-12(20)16(13(21)6-10)34-15-7-11(9(2)3)17-26-28-29-30(17)27-15/h5-7,9,24H,4H2,1-3H3,(H,23,31,32)/b25-14+. The van der Waals surface area contributed by atoms with Gasteiger partial charge >= 0.3 is 6.09 Å². The smallest absolute Gasteiger partial charge is 0.414 e. The number of hydrazone groups is 1. The van der Waals surface area contributed by atoms with E-state index >= 15 is 0 Å². The summed E-state index contributed by atoms with van der Waals surface area (Å²) < 4.78 is 11.6. The zero-order chi connectivity index (χ0) is 24.8. The van der Waals surface area contributed by atoms with Gasteiger partial charge in [-0.3, -0.25) is 15.5 Å². The topological polar surface area (TPSA) is 169 Å². The Balaban J connectivity index is 1.81. The second kappa shape index (κ2) is 10.7. The molecule has 2 N–H and O–H groups in total. The highest BCUT2D eigenvalue weighted by atomic mass is 35.5. The number of carbonyl (C=O) groups excluding carboxylic acids is 2. The summed E-state index contributed by atoms with van der Waals surface area (Å²) in [6.45, 7) is 5.56. The first-order chi connectivity index (χ1) is 16.2. The highest BCUT2D eigenvalue weighted by molar-refractivity contribution is 6.47. The van der Waals surface area contributed by atoms with Crippen LogP contribution in [0.2, 0.25) is 10.0 Å². The lowest BCUT2D eigenvalue weighted by Gasteiger charge is -2.12. The third-order valence-electron chi connectivity index (χ3n) is 4.12. The minimum Gasteiger partial charge on any atom is -0.450 e. The number of alkyl carbamates (subject to hydrolysis) is 1. The Morgan fingerprint density at radius 2 is 1.97 bits per heavy atom. The van der Waals surface area contributed by atoms with Gasteiger partial charge in [-0.05, 0) is 35.4 Å². The monoisotopic (exact) mass is 505 g/mol. The Hall–Kier alpha value is -4.02. The number of fused-ring (bicyclic) bond motifs is 1. The molecule has 0 spiro atoms. The molecule has 0 aliphatic rings. The van der Waals surface area contributed by atoms with E-state index in [0.717, 1.165) is 5.56 Å². The van der Waals surface area contributed by atoms with E-state index in [0.29, 0.717) is 5.65 Å². The van der Waals surface area contributed by atoms with Gasteiger partial charge in [0.15, 0.2) is 5.75 Å². The van der Waals surface area contributed by atoms with Crippen molar-refractivity contribution in [1.82, 2.24) is 30.6 Å². The van der Waals surface area contributed by atoms with Gasteiger partial charge in [-0.25, -0.2) is 4.79 Å². The number of amides is 2. The third-order valence-corrected chi connectivity index (χ3v) is 4.68. The second-order valence-electron chi connectivity index (χ2n) is 6.81. The molecular weight excluding hydrogens is 489 g/mol. The Morgan fingerprint density at radius 3 is 2.59 bits per heavy atom. The molecule has 0 aliphatic heterocycles. The predicted octanol–water partition coefficient (Wildman–Crippen LogP) is 3.31. The lowest BCUT2D eigenvalue weighted by molar-refractivity contribution is -0.114. The van der Waals surface area contributed by atoms with Crippen LogP contribution < -0.4 is 15.5 Å². The number of halogens is 2. The Bertz CT molecular complexity index is 1290. The van der Waals surface area contributed by atoms with Gasteiger partial charge in [0.2, 0.25) is 17.2 Å². The quantitative estimate of drug-likeness (QED) is 0.358. The zero-order valence-corrected chi connectivity index (χ0v) is 19.5. The van der Waals surface area contributed by atoms with Gasteiger partial charge < -0.3 is 9.47 Å². The largest absolute Gasteiger partial charge is 0.450 e. The molecule has 1 aromatic carbocycles. The predicted molar refractivity (Wildman–Crippen MR) is 121 cm³/mol. The molecule has 0 saturated heterocycles. The minimum atomic E-state index is -1.05. The molecule has 0 radical (unpaired) electrons. The fourth-order valence-corrected chi connectivity index (χ4v) is 3.17. The van der Waals surface area contributed by atoms with Crippen LogP contribution in [0, 0.1) is 11.3 Å². The number of carbonyl (C=O) groups is 2. The van der Waals surface area contributed by atoms with Gasteiger partial charge in [0.25, 0.3) is 5.91 Å². The SMILES string of the molecule is CCOC(=O)NC(=O)/C(C#N)=N/Nc1cc(Cl)c(Oc2cc(C(C)C)c3nnnn3n2)c(Cl)c1. The molecule has 13 nitrogen and oxygen atoms in total. The normalized spacial score (nSPS) is 11.3. The molecule has 0 saturated carbocycles. The summed E-state index contributed by atoms with van der Waals surface area (Å²) in [5, 5.41) is 30.4. The molecule has 0 atom stereocenters. The van der Waals surface area contributed by atoms with Crippen molar-refractivity contribution in [3.05, 3.63) is 33.8 Å². The summed E-state index contributed by atoms with van der Waals surface area (Å²) >= 11 is 12.6. The van der Waals surface area contributed by atoms with Crippen LogP contribution in [0.25, 0.3) is 5.65 Å². The zero-order valence-electron chi connectivity index (χ0n) is 18.0. The van der Waals surface area contributed by atoms with E-state index in [4.69, 9.17) is 33.2 Å².